The minimum atomic E-state index is -0.478. The molecule has 1 aliphatic carbocycles. The van der Waals surface area contributed by atoms with Gasteiger partial charge in [-0.1, -0.05) is 30.7 Å². The van der Waals surface area contributed by atoms with Gasteiger partial charge in [0.15, 0.2) is 0 Å². The van der Waals surface area contributed by atoms with Crippen molar-refractivity contribution < 1.29 is 14.3 Å². The van der Waals surface area contributed by atoms with Crippen LogP contribution in [0.5, 0.6) is 0 Å². The van der Waals surface area contributed by atoms with Gasteiger partial charge in [-0.25, -0.2) is 9.97 Å². The molecule has 1 saturated heterocycles. The zero-order valence-corrected chi connectivity index (χ0v) is 19.8. The summed E-state index contributed by atoms with van der Waals surface area (Å²) in [6.45, 7) is 2.24. The second-order valence-electron chi connectivity index (χ2n) is 9.06. The van der Waals surface area contributed by atoms with Gasteiger partial charge in [0.05, 0.1) is 30.4 Å². The highest BCUT2D eigenvalue weighted by Crippen LogP contribution is 2.44. The molecule has 3 aromatic rings. The van der Waals surface area contributed by atoms with E-state index in [2.05, 4.69) is 20.1 Å². The first kappa shape index (κ1) is 23.6. The second kappa shape index (κ2) is 9.86. The van der Waals surface area contributed by atoms with E-state index in [1.165, 1.54) is 17.1 Å². The van der Waals surface area contributed by atoms with Gasteiger partial charge in [-0.2, -0.15) is 10.1 Å². The van der Waals surface area contributed by atoms with Crippen LogP contribution in [0.4, 0.5) is 5.95 Å². The molecule has 4 N–H and O–H groups in total. The fourth-order valence-electron chi connectivity index (χ4n) is 4.58. The van der Waals surface area contributed by atoms with Crippen LogP contribution in [-0.2, 0) is 21.5 Å². The molecule has 1 aliphatic heterocycles. The topological polar surface area (TPSA) is 155 Å². The number of amides is 2. The Labute approximate surface area is 208 Å². The van der Waals surface area contributed by atoms with Crippen molar-refractivity contribution in [2.45, 2.75) is 31.2 Å². The Bertz CT molecular complexity index is 1270. The molecule has 0 atom stereocenters. The maximum Gasteiger partial charge on any atom is 0.281 e. The van der Waals surface area contributed by atoms with Gasteiger partial charge in [-0.3, -0.25) is 14.3 Å². The molecule has 2 fully saturated rings. The fourth-order valence-corrected chi connectivity index (χ4v) is 4.58. The third-order valence-electron chi connectivity index (χ3n) is 6.90. The average Bonchev–Trinajstić information content (AvgIpc) is 3.33. The minimum absolute atomic E-state index is 0.0574. The van der Waals surface area contributed by atoms with Crippen LogP contribution in [0.3, 0.4) is 0 Å². The zero-order valence-electron chi connectivity index (χ0n) is 19.8. The SMILES string of the molecule is NC(=NC(=O)c1cnn(CC(=O)N2CCOCC2)c1)C1(c2ccc(-c3cnc(N)nc3)cc2)CCC1. The predicted octanol–water partition coefficient (Wildman–Crippen LogP) is 1.40. The monoisotopic (exact) mass is 488 g/mol. The molecular formula is C25H28N8O3. The summed E-state index contributed by atoms with van der Waals surface area (Å²) in [7, 11) is 0. The molecule has 186 valence electrons. The van der Waals surface area contributed by atoms with Crippen LogP contribution in [0, 0.1) is 0 Å². The average molecular weight is 489 g/mol. The van der Waals surface area contributed by atoms with Gasteiger partial charge in [-0.15, -0.1) is 0 Å². The van der Waals surface area contributed by atoms with Gasteiger partial charge in [0.2, 0.25) is 11.9 Å². The van der Waals surface area contributed by atoms with Crippen LogP contribution < -0.4 is 11.5 Å². The molecule has 0 spiro atoms. The summed E-state index contributed by atoms with van der Waals surface area (Å²) >= 11 is 0. The quantitative estimate of drug-likeness (QED) is 0.390. The molecule has 11 nitrogen and oxygen atoms in total. The number of carbonyl (C=O) groups excluding carboxylic acids is 2. The lowest BCUT2D eigenvalue weighted by atomic mass is 9.63. The maximum atomic E-state index is 12.9. The number of anilines is 1. The molecule has 11 heteroatoms. The molecular weight excluding hydrogens is 460 g/mol. The second-order valence-corrected chi connectivity index (χ2v) is 9.06. The van der Waals surface area contributed by atoms with Gasteiger partial charge in [0.25, 0.3) is 5.91 Å². The molecule has 0 radical (unpaired) electrons. The highest BCUT2D eigenvalue weighted by atomic mass is 16.5. The van der Waals surface area contributed by atoms with E-state index in [-0.39, 0.29) is 18.4 Å². The number of ether oxygens (including phenoxy) is 1. The van der Waals surface area contributed by atoms with Gasteiger partial charge < -0.3 is 21.1 Å². The molecule has 36 heavy (non-hydrogen) atoms. The number of aliphatic imine (C=N–C) groups is 1. The standard InChI is InChI=1S/C25H28N8O3/c26-23(31-22(35)19-14-30-33(15-19)16-21(34)32-8-10-36-11-9-32)25(6-1-7-25)20-4-2-17(3-5-20)18-12-28-24(27)29-13-18/h2-5,12-15H,1,6-11,16H2,(H2,26,31,35)(H2,27,28,29). The number of rotatable bonds is 6. The first-order valence-corrected chi connectivity index (χ1v) is 11.9. The van der Waals surface area contributed by atoms with Gasteiger partial charge in [0, 0.05) is 37.2 Å². The molecule has 1 saturated carbocycles. The van der Waals surface area contributed by atoms with Crippen molar-refractivity contribution in [1.82, 2.24) is 24.6 Å². The lowest BCUT2D eigenvalue weighted by Gasteiger charge is -2.41. The molecule has 2 aliphatic rings. The van der Waals surface area contributed by atoms with Gasteiger partial charge in [0.1, 0.15) is 12.4 Å². The molecule has 2 aromatic heterocycles. The highest BCUT2D eigenvalue weighted by molar-refractivity contribution is 6.06. The van der Waals surface area contributed by atoms with Crippen LogP contribution >= 0.6 is 0 Å². The van der Waals surface area contributed by atoms with Crippen LogP contribution in [0.25, 0.3) is 11.1 Å². The Kier molecular flexibility index (Phi) is 6.47. The maximum absolute atomic E-state index is 12.9. The molecule has 0 bridgehead atoms. The summed E-state index contributed by atoms with van der Waals surface area (Å²) in [6.07, 6.45) is 8.94. The van der Waals surface area contributed by atoms with Crippen molar-refractivity contribution in [1.29, 1.82) is 0 Å². The lowest BCUT2D eigenvalue weighted by molar-refractivity contribution is -0.136. The summed E-state index contributed by atoms with van der Waals surface area (Å²) in [5, 5.41) is 4.17. The van der Waals surface area contributed by atoms with Gasteiger partial charge in [-0.05, 0) is 24.0 Å². The molecule has 3 heterocycles. The smallest absolute Gasteiger partial charge is 0.281 e. The van der Waals surface area contributed by atoms with E-state index in [0.717, 1.165) is 36.0 Å². The van der Waals surface area contributed by atoms with Crippen LogP contribution in [0.2, 0.25) is 0 Å². The number of carbonyl (C=O) groups is 2. The normalized spacial score (nSPS) is 17.4. The lowest BCUT2D eigenvalue weighted by Crippen LogP contribution is -2.47. The van der Waals surface area contributed by atoms with Crippen molar-refractivity contribution in [3.8, 4) is 11.1 Å². The van der Waals surface area contributed by atoms with Crippen molar-refractivity contribution >= 4 is 23.6 Å². The summed E-state index contributed by atoms with van der Waals surface area (Å²) < 4.78 is 6.73. The van der Waals surface area contributed by atoms with Crippen molar-refractivity contribution in [3.63, 3.8) is 0 Å². The summed E-state index contributed by atoms with van der Waals surface area (Å²) in [6, 6.07) is 7.98. The van der Waals surface area contributed by atoms with E-state index < -0.39 is 11.3 Å². The Morgan fingerprint density at radius 3 is 2.36 bits per heavy atom. The summed E-state index contributed by atoms with van der Waals surface area (Å²) in [5.74, 6) is -0.0172. The molecule has 2 amide bonds. The number of nitrogens with zero attached hydrogens (tertiary/aromatic N) is 6. The van der Waals surface area contributed by atoms with Crippen molar-refractivity contribution in [2.24, 2.45) is 10.7 Å². The van der Waals surface area contributed by atoms with E-state index in [4.69, 9.17) is 16.2 Å². The van der Waals surface area contributed by atoms with E-state index >= 15 is 0 Å². The first-order chi connectivity index (χ1) is 17.4. The summed E-state index contributed by atoms with van der Waals surface area (Å²) in [5.41, 5.74) is 14.6. The van der Waals surface area contributed by atoms with E-state index in [0.29, 0.717) is 37.7 Å². The third kappa shape index (κ3) is 4.69. The van der Waals surface area contributed by atoms with Crippen molar-refractivity contribution in [3.05, 3.63) is 60.2 Å². The van der Waals surface area contributed by atoms with E-state index in [1.54, 1.807) is 17.3 Å². The molecule has 0 unspecified atom stereocenters. The third-order valence-corrected chi connectivity index (χ3v) is 6.90. The number of nitrogen functional groups attached to an aromatic ring is 1. The summed E-state index contributed by atoms with van der Waals surface area (Å²) in [4.78, 5) is 39.4. The van der Waals surface area contributed by atoms with E-state index in [9.17, 15) is 9.59 Å². The number of hydrogen-bond acceptors (Lipinski definition) is 7. The van der Waals surface area contributed by atoms with E-state index in [1.807, 2.05) is 24.3 Å². The fraction of sp³-hybridized carbons (Fsp3) is 0.360. The molecule has 1 aromatic carbocycles. The number of benzene rings is 1. The van der Waals surface area contributed by atoms with Crippen LogP contribution in [0.15, 0.2) is 54.0 Å². The van der Waals surface area contributed by atoms with Crippen LogP contribution in [0.1, 0.15) is 35.2 Å². The predicted molar refractivity (Wildman–Crippen MR) is 133 cm³/mol. The van der Waals surface area contributed by atoms with Gasteiger partial charge >= 0.3 is 0 Å². The first-order valence-electron chi connectivity index (χ1n) is 11.9. The molecule has 5 rings (SSSR count). The Morgan fingerprint density at radius 1 is 1.03 bits per heavy atom. The minimum Gasteiger partial charge on any atom is -0.386 e. The highest BCUT2D eigenvalue weighted by Gasteiger charge is 2.43. The Balaban J connectivity index is 1.29. The van der Waals surface area contributed by atoms with Crippen LogP contribution in [-0.4, -0.2) is 68.6 Å². The number of amidine groups is 1. The number of hydrogen-bond donors (Lipinski definition) is 2. The van der Waals surface area contributed by atoms with Crippen molar-refractivity contribution in [2.75, 3.05) is 32.0 Å². The Morgan fingerprint density at radius 2 is 1.72 bits per heavy atom. The Hall–Kier alpha value is -4.12. The number of morpholine rings is 1. The number of nitrogens with two attached hydrogens (primary N) is 2. The zero-order chi connectivity index (χ0) is 25.1. The largest absolute Gasteiger partial charge is 0.386 e. The number of aromatic nitrogens is 4.